The first-order chi connectivity index (χ1) is 11.7. The molecule has 0 saturated carbocycles. The molecule has 130 valence electrons. The van der Waals surface area contributed by atoms with E-state index >= 15 is 0 Å². The Labute approximate surface area is 146 Å². The highest BCUT2D eigenvalue weighted by molar-refractivity contribution is 5.36. The van der Waals surface area contributed by atoms with Crippen molar-refractivity contribution >= 4 is 0 Å². The fraction of sp³-hybridized carbons (Fsp3) is 0.429. The molecule has 0 saturated heterocycles. The monoisotopic (exact) mass is 328 g/mol. The number of rotatable bonds is 10. The molecule has 3 heteroatoms. The van der Waals surface area contributed by atoms with Gasteiger partial charge in [-0.25, -0.2) is 0 Å². The number of benzene rings is 2. The summed E-state index contributed by atoms with van der Waals surface area (Å²) in [7, 11) is 0. The van der Waals surface area contributed by atoms with Gasteiger partial charge in [-0.2, -0.15) is 0 Å². The Morgan fingerprint density at radius 2 is 1.75 bits per heavy atom. The van der Waals surface area contributed by atoms with Gasteiger partial charge in [-0.15, -0.1) is 0 Å². The predicted molar refractivity (Wildman–Crippen MR) is 98.5 cm³/mol. The predicted octanol–water partition coefficient (Wildman–Crippen LogP) is 3.28. The molecule has 0 amide bonds. The lowest BCUT2D eigenvalue weighted by molar-refractivity contribution is -0.672. The van der Waals surface area contributed by atoms with Gasteiger partial charge >= 0.3 is 0 Å². The molecule has 24 heavy (non-hydrogen) atoms. The summed E-state index contributed by atoms with van der Waals surface area (Å²) in [6.45, 7) is 10.5. The molecular formula is C21H30NO2+. The van der Waals surface area contributed by atoms with Crippen molar-refractivity contribution in [3.63, 3.8) is 0 Å². The van der Waals surface area contributed by atoms with Crippen LogP contribution in [0.2, 0.25) is 0 Å². The highest BCUT2D eigenvalue weighted by atomic mass is 16.5. The van der Waals surface area contributed by atoms with Crippen LogP contribution < -0.4 is 10.1 Å². The maximum absolute atomic E-state index is 5.76. The van der Waals surface area contributed by atoms with Crippen LogP contribution in [0.5, 0.6) is 5.75 Å². The van der Waals surface area contributed by atoms with Gasteiger partial charge in [0.05, 0.1) is 19.8 Å². The van der Waals surface area contributed by atoms with Crippen LogP contribution in [-0.4, -0.2) is 26.4 Å². The third-order valence-corrected chi connectivity index (χ3v) is 4.05. The number of ether oxygens (including phenoxy) is 2. The van der Waals surface area contributed by atoms with Gasteiger partial charge in [-0.05, 0) is 36.1 Å². The van der Waals surface area contributed by atoms with Crippen LogP contribution in [0.25, 0.3) is 0 Å². The van der Waals surface area contributed by atoms with Crippen molar-refractivity contribution < 1.29 is 14.8 Å². The van der Waals surface area contributed by atoms with Crippen molar-refractivity contribution in [3.8, 4) is 5.75 Å². The maximum atomic E-state index is 5.76. The molecule has 2 N–H and O–H groups in total. The third-order valence-electron chi connectivity index (χ3n) is 4.05. The molecule has 0 aromatic heterocycles. The summed E-state index contributed by atoms with van der Waals surface area (Å²) in [5.74, 6) is 1.48. The van der Waals surface area contributed by atoms with Crippen molar-refractivity contribution in [2.24, 2.45) is 0 Å². The number of nitrogens with two attached hydrogens (primary N) is 1. The van der Waals surface area contributed by atoms with Crippen LogP contribution >= 0.6 is 0 Å². The van der Waals surface area contributed by atoms with E-state index in [2.05, 4.69) is 68.6 Å². The lowest BCUT2D eigenvalue weighted by atomic mass is 9.98. The van der Waals surface area contributed by atoms with Crippen LogP contribution in [0.15, 0.2) is 48.5 Å². The van der Waals surface area contributed by atoms with Crippen LogP contribution in [0.1, 0.15) is 36.5 Å². The van der Waals surface area contributed by atoms with E-state index in [1.807, 2.05) is 6.07 Å². The van der Waals surface area contributed by atoms with Crippen molar-refractivity contribution in [2.45, 2.75) is 33.2 Å². The zero-order valence-corrected chi connectivity index (χ0v) is 15.1. The number of aryl methyl sites for hydroxylation is 1. The van der Waals surface area contributed by atoms with Gasteiger partial charge in [0, 0.05) is 5.56 Å². The molecule has 0 heterocycles. The lowest BCUT2D eigenvalue weighted by Gasteiger charge is -2.12. The molecule has 0 atom stereocenters. The van der Waals surface area contributed by atoms with Gasteiger partial charge in [0.2, 0.25) is 0 Å². The van der Waals surface area contributed by atoms with Crippen LogP contribution in [0.4, 0.5) is 0 Å². The molecule has 0 aliphatic rings. The van der Waals surface area contributed by atoms with Gasteiger partial charge in [0.15, 0.2) is 0 Å². The molecule has 2 rings (SSSR count). The second-order valence-corrected chi connectivity index (χ2v) is 6.40. The second-order valence-electron chi connectivity index (χ2n) is 6.40. The summed E-state index contributed by atoms with van der Waals surface area (Å²) in [6, 6.07) is 16.8. The quantitative estimate of drug-likeness (QED) is 0.679. The Bertz CT molecular complexity index is 596. The van der Waals surface area contributed by atoms with Gasteiger partial charge in [-0.1, -0.05) is 50.2 Å². The summed E-state index contributed by atoms with van der Waals surface area (Å²) in [4.78, 5) is 0. The summed E-state index contributed by atoms with van der Waals surface area (Å²) in [5, 5.41) is 2.27. The molecule has 3 nitrogen and oxygen atoms in total. The normalized spacial score (nSPS) is 11.0. The third kappa shape index (κ3) is 6.34. The average Bonchev–Trinajstić information content (AvgIpc) is 2.58. The fourth-order valence-corrected chi connectivity index (χ4v) is 2.76. The number of quaternary nitrogens is 1. The number of hydrogen-bond donors (Lipinski definition) is 1. The molecular weight excluding hydrogens is 298 g/mol. The Morgan fingerprint density at radius 1 is 0.958 bits per heavy atom. The zero-order chi connectivity index (χ0) is 17.2. The topological polar surface area (TPSA) is 35.1 Å². The largest absolute Gasteiger partial charge is 0.491 e. The van der Waals surface area contributed by atoms with Crippen molar-refractivity contribution in [3.05, 3.63) is 65.2 Å². The first kappa shape index (κ1) is 18.5. The van der Waals surface area contributed by atoms with Gasteiger partial charge in [0.1, 0.15) is 18.9 Å². The van der Waals surface area contributed by atoms with E-state index < -0.39 is 0 Å². The van der Waals surface area contributed by atoms with Gasteiger partial charge in [0.25, 0.3) is 0 Å². The molecule has 0 fully saturated rings. The fourth-order valence-electron chi connectivity index (χ4n) is 2.76. The Kier molecular flexibility index (Phi) is 7.80. The van der Waals surface area contributed by atoms with Crippen LogP contribution in [0.3, 0.4) is 0 Å². The van der Waals surface area contributed by atoms with E-state index in [-0.39, 0.29) is 0 Å². The molecule has 2 aromatic carbocycles. The van der Waals surface area contributed by atoms with E-state index in [1.54, 1.807) is 0 Å². The maximum Gasteiger partial charge on any atom is 0.119 e. The lowest BCUT2D eigenvalue weighted by Crippen LogP contribution is -2.83. The van der Waals surface area contributed by atoms with Gasteiger partial charge in [-0.3, -0.25) is 0 Å². The SMILES string of the molecule is Cc1cc(OCCOCC[NH2+]Cc2ccccc2)ccc1C(C)C. The van der Waals surface area contributed by atoms with E-state index in [0.717, 1.165) is 25.4 Å². The minimum atomic E-state index is 0.550. The molecule has 0 bridgehead atoms. The van der Waals surface area contributed by atoms with Crippen molar-refractivity contribution in [2.75, 3.05) is 26.4 Å². The highest BCUT2D eigenvalue weighted by Crippen LogP contribution is 2.23. The van der Waals surface area contributed by atoms with E-state index in [0.29, 0.717) is 19.1 Å². The van der Waals surface area contributed by atoms with Crippen molar-refractivity contribution in [1.82, 2.24) is 0 Å². The second kappa shape index (κ2) is 10.1. The first-order valence-electron chi connectivity index (χ1n) is 8.83. The Morgan fingerprint density at radius 3 is 2.46 bits per heavy atom. The smallest absolute Gasteiger partial charge is 0.119 e. The van der Waals surface area contributed by atoms with E-state index in [1.165, 1.54) is 16.7 Å². The average molecular weight is 328 g/mol. The summed E-state index contributed by atoms with van der Waals surface area (Å²) in [5.41, 5.74) is 4.02. The first-order valence-corrected chi connectivity index (χ1v) is 8.83. The molecule has 0 unspecified atom stereocenters. The molecule has 0 spiro atoms. The molecule has 2 aromatic rings. The highest BCUT2D eigenvalue weighted by Gasteiger charge is 2.04. The van der Waals surface area contributed by atoms with E-state index in [9.17, 15) is 0 Å². The molecule has 0 radical (unpaired) electrons. The minimum Gasteiger partial charge on any atom is -0.491 e. The summed E-state index contributed by atoms with van der Waals surface area (Å²) in [6.07, 6.45) is 0. The zero-order valence-electron chi connectivity index (χ0n) is 15.1. The Hall–Kier alpha value is -1.84. The van der Waals surface area contributed by atoms with Gasteiger partial charge < -0.3 is 14.8 Å². The minimum absolute atomic E-state index is 0.550. The Balaban J connectivity index is 1.54. The summed E-state index contributed by atoms with van der Waals surface area (Å²) < 4.78 is 11.4. The van der Waals surface area contributed by atoms with Crippen molar-refractivity contribution in [1.29, 1.82) is 0 Å². The standard InChI is InChI=1S/C21H29NO2/c1-17(2)21-10-9-20(15-18(21)3)24-14-13-23-12-11-22-16-19-7-5-4-6-8-19/h4-10,15,17,22H,11-14,16H2,1-3H3/p+1. The van der Waals surface area contributed by atoms with E-state index in [4.69, 9.17) is 9.47 Å². The summed E-state index contributed by atoms with van der Waals surface area (Å²) >= 11 is 0. The van der Waals surface area contributed by atoms with Crippen LogP contribution in [-0.2, 0) is 11.3 Å². The number of hydrogen-bond acceptors (Lipinski definition) is 2. The molecule has 0 aliphatic heterocycles. The molecule has 0 aliphatic carbocycles. The van der Waals surface area contributed by atoms with Crippen LogP contribution in [0, 0.1) is 6.92 Å².